The number of guanidine groups is 1. The lowest BCUT2D eigenvalue weighted by Gasteiger charge is -2.23. The summed E-state index contributed by atoms with van der Waals surface area (Å²) in [6.45, 7) is 10.7. The topological polar surface area (TPSA) is 63.2 Å². The quantitative estimate of drug-likeness (QED) is 0.366. The summed E-state index contributed by atoms with van der Waals surface area (Å²) in [4.78, 5) is 22.9. The van der Waals surface area contributed by atoms with E-state index in [1.54, 1.807) is 19.0 Å². The Balaban J connectivity index is 1.89. The van der Waals surface area contributed by atoms with Crippen LogP contribution < -0.4 is 15.5 Å². The molecule has 7 heteroatoms. The molecule has 0 radical (unpaired) electrons. The number of carbonyl (C=O) groups is 1. The van der Waals surface area contributed by atoms with E-state index in [2.05, 4.69) is 77.5 Å². The molecule has 2 rings (SSSR count). The predicted molar refractivity (Wildman–Crippen MR) is 126 cm³/mol. The zero-order valence-corrected chi connectivity index (χ0v) is 19.6. The number of para-hydroxylation sites is 1. The summed E-state index contributed by atoms with van der Waals surface area (Å²) in [5.41, 5.74) is 1.22. The number of nitrogens with one attached hydrogen (secondary N) is 2. The van der Waals surface area contributed by atoms with Crippen molar-refractivity contribution in [2.24, 2.45) is 10.9 Å². The van der Waals surface area contributed by atoms with Crippen molar-refractivity contribution in [3.63, 3.8) is 0 Å². The van der Waals surface area contributed by atoms with Crippen LogP contribution in [0.2, 0.25) is 0 Å². The number of nitrogens with zero attached hydrogens (tertiary/aromatic N) is 4. The van der Waals surface area contributed by atoms with Crippen molar-refractivity contribution in [1.82, 2.24) is 20.4 Å². The highest BCUT2D eigenvalue weighted by molar-refractivity contribution is 5.85. The van der Waals surface area contributed by atoms with Crippen LogP contribution >= 0.6 is 0 Å². The van der Waals surface area contributed by atoms with Crippen LogP contribution in [0.4, 0.5) is 5.69 Å². The van der Waals surface area contributed by atoms with Crippen LogP contribution in [0.15, 0.2) is 35.3 Å². The molecule has 1 aliphatic rings. The molecule has 168 valence electrons. The van der Waals surface area contributed by atoms with Crippen molar-refractivity contribution in [3.05, 3.63) is 30.3 Å². The van der Waals surface area contributed by atoms with Crippen molar-refractivity contribution in [1.29, 1.82) is 0 Å². The summed E-state index contributed by atoms with van der Waals surface area (Å²) in [7, 11) is 5.63. The van der Waals surface area contributed by atoms with E-state index in [9.17, 15) is 4.79 Å². The number of carbonyl (C=O) groups excluding carboxylic acids is 1. The highest BCUT2D eigenvalue weighted by Gasteiger charge is 2.31. The second-order valence-corrected chi connectivity index (χ2v) is 8.77. The van der Waals surface area contributed by atoms with Crippen LogP contribution in [0.3, 0.4) is 0 Å². The van der Waals surface area contributed by atoms with Gasteiger partial charge in [-0.25, -0.2) is 4.99 Å². The minimum Gasteiger partial charge on any atom is -0.375 e. The van der Waals surface area contributed by atoms with Crippen molar-refractivity contribution in [3.8, 4) is 0 Å². The first kappa shape index (κ1) is 24.0. The maximum Gasteiger partial charge on any atom is 0.243 e. The molecule has 30 heavy (non-hydrogen) atoms. The zero-order valence-electron chi connectivity index (χ0n) is 19.6. The zero-order chi connectivity index (χ0) is 22.1. The number of amides is 1. The van der Waals surface area contributed by atoms with E-state index < -0.39 is 0 Å². The lowest BCUT2D eigenvalue weighted by molar-refractivity contribution is -0.127. The van der Waals surface area contributed by atoms with Crippen molar-refractivity contribution < 1.29 is 4.79 Å². The third-order valence-electron chi connectivity index (χ3n) is 5.72. The molecule has 0 bridgehead atoms. The Morgan fingerprint density at radius 2 is 1.90 bits per heavy atom. The average Bonchev–Trinajstić information content (AvgIpc) is 3.09. The first-order valence-electron chi connectivity index (χ1n) is 11.0. The monoisotopic (exact) mass is 416 g/mol. The molecule has 0 aromatic heterocycles. The molecule has 1 saturated heterocycles. The summed E-state index contributed by atoms with van der Waals surface area (Å²) >= 11 is 0. The van der Waals surface area contributed by atoms with E-state index in [1.807, 2.05) is 6.07 Å². The van der Waals surface area contributed by atoms with Crippen LogP contribution in [0.25, 0.3) is 0 Å². The number of likely N-dealkylation sites (N-methyl/N-ethyl adjacent to an activating group) is 1. The lowest BCUT2D eigenvalue weighted by atomic mass is 10.1. The number of benzene rings is 1. The van der Waals surface area contributed by atoms with Gasteiger partial charge in [-0.2, -0.15) is 0 Å². The van der Waals surface area contributed by atoms with E-state index >= 15 is 0 Å². The molecule has 2 N–H and O–H groups in total. The van der Waals surface area contributed by atoms with Crippen LogP contribution in [-0.4, -0.2) is 87.6 Å². The highest BCUT2D eigenvalue weighted by atomic mass is 16.2. The molecule has 1 fully saturated rings. The summed E-state index contributed by atoms with van der Waals surface area (Å²) in [5.74, 6) is 1.27. The van der Waals surface area contributed by atoms with Gasteiger partial charge in [-0.1, -0.05) is 25.1 Å². The fourth-order valence-electron chi connectivity index (χ4n) is 3.56. The lowest BCUT2D eigenvalue weighted by Crippen LogP contribution is -2.47. The van der Waals surface area contributed by atoms with Gasteiger partial charge in [0.05, 0.1) is 0 Å². The molecule has 0 saturated carbocycles. The normalized spacial score (nSPS) is 19.8. The molecule has 0 spiro atoms. The predicted octanol–water partition coefficient (Wildman–Crippen LogP) is 1.87. The minimum atomic E-state index is 0.00295. The van der Waals surface area contributed by atoms with Gasteiger partial charge < -0.3 is 20.4 Å². The number of anilines is 1. The highest BCUT2D eigenvalue weighted by Crippen LogP contribution is 2.18. The van der Waals surface area contributed by atoms with Gasteiger partial charge in [0.25, 0.3) is 0 Å². The van der Waals surface area contributed by atoms with Gasteiger partial charge >= 0.3 is 0 Å². The van der Waals surface area contributed by atoms with E-state index in [-0.39, 0.29) is 12.5 Å². The number of aliphatic imine (C=N–C) groups is 1. The fraction of sp³-hybridized carbons (Fsp3) is 0.652. The number of likely N-dealkylation sites (tertiary alicyclic amines) is 1. The number of rotatable bonds is 9. The maximum absolute atomic E-state index is 12.0. The number of hydrogen-bond acceptors (Lipinski definition) is 4. The fourth-order valence-corrected chi connectivity index (χ4v) is 3.56. The smallest absolute Gasteiger partial charge is 0.243 e. The summed E-state index contributed by atoms with van der Waals surface area (Å²) in [5, 5.41) is 7.01. The summed E-state index contributed by atoms with van der Waals surface area (Å²) < 4.78 is 0. The molecule has 2 atom stereocenters. The van der Waals surface area contributed by atoms with Crippen LogP contribution in [0, 0.1) is 5.92 Å². The Hall–Kier alpha value is -2.28. The molecule has 1 heterocycles. The Labute approximate surface area is 182 Å². The van der Waals surface area contributed by atoms with Gasteiger partial charge in [0.1, 0.15) is 6.54 Å². The van der Waals surface area contributed by atoms with Crippen molar-refractivity contribution >= 4 is 17.6 Å². The van der Waals surface area contributed by atoms with E-state index in [1.165, 1.54) is 5.69 Å². The first-order chi connectivity index (χ1) is 14.3. The Bertz CT molecular complexity index is 676. The van der Waals surface area contributed by atoms with Crippen molar-refractivity contribution in [2.75, 3.05) is 58.8 Å². The maximum atomic E-state index is 12.0. The molecule has 2 unspecified atom stereocenters. The number of hydrogen-bond donors (Lipinski definition) is 2. The molecule has 0 aliphatic carbocycles. The van der Waals surface area contributed by atoms with Gasteiger partial charge in [-0.15, -0.1) is 0 Å². The standard InChI is InChI=1S/C23H40N6O/c1-18(2)29-16-19(3)21(17-29)26-23(25-15-22(30)27(4)5)24-13-10-14-28(6)20-11-8-7-9-12-20/h7-9,11-12,18-19,21H,10,13-17H2,1-6H3,(H2,24,25,26). The van der Waals surface area contributed by atoms with Gasteiger partial charge in [-0.05, 0) is 38.3 Å². The minimum absolute atomic E-state index is 0.00295. The van der Waals surface area contributed by atoms with E-state index in [0.717, 1.165) is 38.6 Å². The molecule has 1 aromatic carbocycles. The Morgan fingerprint density at radius 3 is 2.50 bits per heavy atom. The molecular weight excluding hydrogens is 376 g/mol. The molecule has 1 amide bonds. The third-order valence-corrected chi connectivity index (χ3v) is 5.72. The van der Waals surface area contributed by atoms with Gasteiger partial charge in [-0.3, -0.25) is 9.69 Å². The van der Waals surface area contributed by atoms with E-state index in [0.29, 0.717) is 18.0 Å². The average molecular weight is 417 g/mol. The van der Waals surface area contributed by atoms with Crippen LogP contribution in [0.5, 0.6) is 0 Å². The van der Waals surface area contributed by atoms with Crippen molar-refractivity contribution in [2.45, 2.75) is 39.3 Å². The SMILES string of the molecule is CC1CN(C(C)C)CC1NC(=NCC(=O)N(C)C)NCCCN(C)c1ccccc1. The van der Waals surface area contributed by atoms with Crippen LogP contribution in [0.1, 0.15) is 27.2 Å². The molecular formula is C23H40N6O. The van der Waals surface area contributed by atoms with Gasteiger partial charge in [0.2, 0.25) is 5.91 Å². The van der Waals surface area contributed by atoms with Gasteiger partial charge in [0, 0.05) is 65.1 Å². The van der Waals surface area contributed by atoms with E-state index in [4.69, 9.17) is 0 Å². The van der Waals surface area contributed by atoms with Gasteiger partial charge in [0.15, 0.2) is 5.96 Å². The van der Waals surface area contributed by atoms with Crippen LogP contribution in [-0.2, 0) is 4.79 Å². The third kappa shape index (κ3) is 7.52. The molecule has 1 aromatic rings. The molecule has 7 nitrogen and oxygen atoms in total. The first-order valence-corrected chi connectivity index (χ1v) is 11.0. The second-order valence-electron chi connectivity index (χ2n) is 8.77. The Morgan fingerprint density at radius 1 is 1.20 bits per heavy atom. The summed E-state index contributed by atoms with van der Waals surface area (Å²) in [6, 6.07) is 11.3. The second kappa shape index (κ2) is 11.8. The largest absolute Gasteiger partial charge is 0.375 e. The Kier molecular flexibility index (Phi) is 9.43. The summed E-state index contributed by atoms with van der Waals surface area (Å²) in [6.07, 6.45) is 0.978. The molecule has 1 aliphatic heterocycles.